The summed E-state index contributed by atoms with van der Waals surface area (Å²) in [4.78, 5) is 15.4. The zero-order valence-electron chi connectivity index (χ0n) is 22.2. The molecule has 3 aromatic heterocycles. The second-order valence-corrected chi connectivity index (χ2v) is 12.5. The Morgan fingerprint density at radius 1 is 1.26 bits per heavy atom. The molecule has 1 N–H and O–H groups in total. The molecule has 0 amide bonds. The van der Waals surface area contributed by atoms with Crippen LogP contribution in [0.4, 0.5) is 21.7 Å². The third kappa shape index (κ3) is 5.41. The van der Waals surface area contributed by atoms with Crippen LogP contribution in [0.3, 0.4) is 0 Å². The lowest BCUT2D eigenvalue weighted by atomic mass is 9.89. The van der Waals surface area contributed by atoms with E-state index in [4.69, 9.17) is 16.3 Å². The Hall–Kier alpha value is -3.35. The highest BCUT2D eigenvalue weighted by Crippen LogP contribution is 2.41. The topological polar surface area (TPSA) is 115 Å². The first-order valence-electron chi connectivity index (χ1n) is 12.3. The van der Waals surface area contributed by atoms with Gasteiger partial charge in [0, 0.05) is 74.1 Å². The number of methoxy groups -OCH3 is 1. The van der Waals surface area contributed by atoms with Gasteiger partial charge in [-0.15, -0.1) is 0 Å². The molecule has 13 heteroatoms. The summed E-state index contributed by atoms with van der Waals surface area (Å²) in [6.07, 6.45) is 5.75. The molecule has 1 fully saturated rings. The standard InChI is InChI=1S/C26H29ClFN7O3S/c1-14-16(13-39(5,36)37)11-35(14)21-9-20(28)24(15(2)38-4)17-8-23(30-10-18(17)21)31-22-6-7-29-26(32-22)19-12-34(3)33-25(19)27/h6-10,12,14-16H,11,13H2,1-5H3,(H,29,30,31,32)/t14-,15+,16-/m1/s1. The van der Waals surface area contributed by atoms with Crippen LogP contribution >= 0.6 is 11.6 Å². The molecule has 1 aliphatic rings. The molecule has 0 radical (unpaired) electrons. The number of hydrogen-bond donors (Lipinski definition) is 1. The molecular formula is C26H29ClFN7O3S. The van der Waals surface area contributed by atoms with Crippen LogP contribution in [-0.4, -0.2) is 64.9 Å². The first-order chi connectivity index (χ1) is 18.4. The van der Waals surface area contributed by atoms with Gasteiger partial charge in [0.05, 0.1) is 17.4 Å². The molecule has 1 aliphatic heterocycles. The molecule has 1 saturated heterocycles. The van der Waals surface area contributed by atoms with Gasteiger partial charge in [0.15, 0.2) is 11.0 Å². The summed E-state index contributed by atoms with van der Waals surface area (Å²) in [5, 5.41) is 8.98. The number of aryl methyl sites for hydroxylation is 1. The normalized spacial score (nSPS) is 18.3. The van der Waals surface area contributed by atoms with Gasteiger partial charge in [0.1, 0.15) is 27.3 Å². The summed E-state index contributed by atoms with van der Waals surface area (Å²) < 4.78 is 46.3. The van der Waals surface area contributed by atoms with E-state index in [9.17, 15) is 8.42 Å². The van der Waals surface area contributed by atoms with Crippen LogP contribution in [0.25, 0.3) is 22.2 Å². The number of sulfone groups is 1. The number of aromatic nitrogens is 5. The van der Waals surface area contributed by atoms with Crippen LogP contribution in [0.1, 0.15) is 25.5 Å². The number of pyridine rings is 1. The maximum Gasteiger partial charge on any atom is 0.166 e. The van der Waals surface area contributed by atoms with Crippen molar-refractivity contribution < 1.29 is 17.5 Å². The summed E-state index contributed by atoms with van der Waals surface area (Å²) in [6.45, 7) is 4.26. The highest BCUT2D eigenvalue weighted by Gasteiger charge is 2.38. The molecule has 206 valence electrons. The Bertz CT molecular complexity index is 1660. The van der Waals surface area contributed by atoms with Crippen molar-refractivity contribution in [2.24, 2.45) is 13.0 Å². The molecule has 0 saturated carbocycles. The van der Waals surface area contributed by atoms with Gasteiger partial charge < -0.3 is 15.0 Å². The van der Waals surface area contributed by atoms with E-state index in [1.165, 1.54) is 19.4 Å². The van der Waals surface area contributed by atoms with Crippen molar-refractivity contribution in [3.8, 4) is 11.4 Å². The largest absolute Gasteiger partial charge is 0.377 e. The van der Waals surface area contributed by atoms with Gasteiger partial charge in [-0.25, -0.2) is 27.8 Å². The van der Waals surface area contributed by atoms with E-state index in [1.54, 1.807) is 49.4 Å². The van der Waals surface area contributed by atoms with E-state index >= 15 is 4.39 Å². The molecule has 0 aliphatic carbocycles. The highest BCUT2D eigenvalue weighted by molar-refractivity contribution is 7.90. The number of nitrogens with zero attached hydrogens (tertiary/aromatic N) is 6. The number of rotatable bonds is 8. The molecular weight excluding hydrogens is 545 g/mol. The van der Waals surface area contributed by atoms with Crippen molar-refractivity contribution in [1.82, 2.24) is 24.7 Å². The fraction of sp³-hybridized carbons (Fsp3) is 0.385. The van der Waals surface area contributed by atoms with E-state index in [2.05, 4.69) is 25.4 Å². The molecule has 4 heterocycles. The van der Waals surface area contributed by atoms with Crippen molar-refractivity contribution in [1.29, 1.82) is 0 Å². The Morgan fingerprint density at radius 2 is 2.03 bits per heavy atom. The monoisotopic (exact) mass is 573 g/mol. The molecule has 0 spiro atoms. The van der Waals surface area contributed by atoms with Gasteiger partial charge in [0.25, 0.3) is 0 Å². The summed E-state index contributed by atoms with van der Waals surface area (Å²) in [5.74, 6) is 1.00. The third-order valence-electron chi connectivity index (χ3n) is 7.12. The van der Waals surface area contributed by atoms with Gasteiger partial charge in [-0.2, -0.15) is 5.10 Å². The second kappa shape index (κ2) is 10.3. The van der Waals surface area contributed by atoms with Gasteiger partial charge in [-0.05, 0) is 37.4 Å². The summed E-state index contributed by atoms with van der Waals surface area (Å²) in [5.41, 5.74) is 1.67. The van der Waals surface area contributed by atoms with Crippen molar-refractivity contribution in [2.75, 3.05) is 35.9 Å². The Morgan fingerprint density at radius 3 is 2.67 bits per heavy atom. The van der Waals surface area contributed by atoms with Crippen molar-refractivity contribution in [3.63, 3.8) is 0 Å². The molecule has 0 bridgehead atoms. The Balaban J connectivity index is 1.52. The lowest BCUT2D eigenvalue weighted by Gasteiger charge is -2.48. The van der Waals surface area contributed by atoms with Crippen LogP contribution in [0.5, 0.6) is 0 Å². The third-order valence-corrected chi connectivity index (χ3v) is 8.43. The van der Waals surface area contributed by atoms with Crippen molar-refractivity contribution in [3.05, 3.63) is 53.3 Å². The number of benzene rings is 1. The number of anilines is 3. The lowest BCUT2D eigenvalue weighted by Crippen LogP contribution is -2.57. The van der Waals surface area contributed by atoms with Crippen molar-refractivity contribution >= 4 is 49.5 Å². The van der Waals surface area contributed by atoms with Gasteiger partial charge >= 0.3 is 0 Å². The minimum absolute atomic E-state index is 0.0233. The highest BCUT2D eigenvalue weighted by atomic mass is 35.5. The van der Waals surface area contributed by atoms with Crippen LogP contribution in [-0.2, 0) is 21.6 Å². The number of nitrogens with one attached hydrogen (secondary N) is 1. The fourth-order valence-electron chi connectivity index (χ4n) is 5.01. The average Bonchev–Trinajstić information content (AvgIpc) is 3.22. The average molecular weight is 574 g/mol. The van der Waals surface area contributed by atoms with Crippen LogP contribution < -0.4 is 10.2 Å². The number of halogens is 2. The van der Waals surface area contributed by atoms with Crippen LogP contribution in [0, 0.1) is 11.7 Å². The maximum absolute atomic E-state index is 15.6. The first-order valence-corrected chi connectivity index (χ1v) is 14.8. The van der Waals surface area contributed by atoms with Gasteiger partial charge in [0.2, 0.25) is 0 Å². The van der Waals surface area contributed by atoms with Crippen LogP contribution in [0.15, 0.2) is 36.8 Å². The molecule has 39 heavy (non-hydrogen) atoms. The molecule has 3 atom stereocenters. The van der Waals surface area contributed by atoms with Gasteiger partial charge in [-0.1, -0.05) is 11.6 Å². The van der Waals surface area contributed by atoms with Crippen LogP contribution in [0.2, 0.25) is 5.15 Å². The molecule has 4 aromatic rings. The predicted octanol–water partition coefficient (Wildman–Crippen LogP) is 4.54. The Kier molecular flexibility index (Phi) is 7.21. The predicted molar refractivity (Wildman–Crippen MR) is 150 cm³/mol. The van der Waals surface area contributed by atoms with Crippen molar-refractivity contribution in [2.45, 2.75) is 26.0 Å². The van der Waals surface area contributed by atoms with E-state index < -0.39 is 21.8 Å². The minimum Gasteiger partial charge on any atom is -0.377 e. The zero-order valence-corrected chi connectivity index (χ0v) is 23.8. The summed E-state index contributed by atoms with van der Waals surface area (Å²) in [7, 11) is 0.178. The van der Waals surface area contributed by atoms with E-state index in [1.807, 2.05) is 11.8 Å². The molecule has 5 rings (SSSR count). The van der Waals surface area contributed by atoms with E-state index in [-0.39, 0.29) is 17.7 Å². The molecule has 10 nitrogen and oxygen atoms in total. The SMILES string of the molecule is CO[C@@H](C)c1c(F)cc(N2C[C@H](CS(C)(=O)=O)[C@H]2C)c2cnc(Nc3ccnc(-c4cn(C)nc4Cl)n3)cc12. The summed E-state index contributed by atoms with van der Waals surface area (Å²) in [6, 6.07) is 4.89. The quantitative estimate of drug-likeness (QED) is 0.324. The summed E-state index contributed by atoms with van der Waals surface area (Å²) >= 11 is 6.21. The minimum atomic E-state index is -3.11. The second-order valence-electron chi connectivity index (χ2n) is 9.93. The number of fused-ring (bicyclic) bond motifs is 1. The van der Waals surface area contributed by atoms with Gasteiger partial charge in [-0.3, -0.25) is 4.68 Å². The molecule has 0 unspecified atom stereocenters. The lowest BCUT2D eigenvalue weighted by molar-refractivity contribution is 0.117. The fourth-order valence-corrected chi connectivity index (χ4v) is 6.42. The zero-order chi connectivity index (χ0) is 28.1. The Labute approximate surface area is 231 Å². The van der Waals surface area contributed by atoms with E-state index in [0.717, 1.165) is 5.39 Å². The maximum atomic E-state index is 15.6. The number of ether oxygens (including phenoxy) is 1. The number of hydrogen-bond acceptors (Lipinski definition) is 9. The molecule has 1 aromatic carbocycles. The van der Waals surface area contributed by atoms with E-state index in [0.29, 0.717) is 51.4 Å². The first kappa shape index (κ1) is 27.2. The smallest absolute Gasteiger partial charge is 0.166 e.